The van der Waals surface area contributed by atoms with Gasteiger partial charge in [0.05, 0.1) is 0 Å². The molecule has 2 fully saturated rings. The van der Waals surface area contributed by atoms with Crippen LogP contribution in [-0.2, 0) is 9.59 Å². The van der Waals surface area contributed by atoms with Gasteiger partial charge in [-0.2, -0.15) is 0 Å². The maximum absolute atomic E-state index is 12.1. The van der Waals surface area contributed by atoms with E-state index in [1.807, 2.05) is 0 Å². The number of hydrogen-bond donors (Lipinski definition) is 0. The van der Waals surface area contributed by atoms with Gasteiger partial charge < -0.3 is 4.90 Å². The lowest BCUT2D eigenvalue weighted by molar-refractivity contribution is -0.129. The number of carbonyl (C=O) groups is 2. The normalized spacial score (nSPS) is 28.5. The van der Waals surface area contributed by atoms with Crippen LogP contribution in [0.2, 0.25) is 0 Å². The zero-order valence-electron chi connectivity index (χ0n) is 9.37. The summed E-state index contributed by atoms with van der Waals surface area (Å²) in [5, 5.41) is 0. The van der Waals surface area contributed by atoms with Crippen molar-refractivity contribution in [2.45, 2.75) is 38.5 Å². The molecule has 0 N–H and O–H groups in total. The van der Waals surface area contributed by atoms with Gasteiger partial charge in [-0.15, -0.1) is 0 Å². The smallest absolute Gasteiger partial charge is 0.223 e. The van der Waals surface area contributed by atoms with Gasteiger partial charge in [-0.05, 0) is 12.8 Å². The van der Waals surface area contributed by atoms with Crippen molar-refractivity contribution in [1.29, 1.82) is 0 Å². The van der Waals surface area contributed by atoms with Gasteiger partial charge in [0.2, 0.25) is 5.91 Å². The molecular formula is C12H19NO2. The molecule has 15 heavy (non-hydrogen) atoms. The summed E-state index contributed by atoms with van der Waals surface area (Å²) >= 11 is 0. The molecule has 2 aliphatic rings. The van der Waals surface area contributed by atoms with Crippen LogP contribution in [0.4, 0.5) is 0 Å². The SMILES string of the molecule is CN1CC(C(=O)C2CCCCC2)CC1=O. The van der Waals surface area contributed by atoms with Gasteiger partial charge in [0.25, 0.3) is 0 Å². The fourth-order valence-corrected chi connectivity index (χ4v) is 2.77. The van der Waals surface area contributed by atoms with Crippen LogP contribution in [0.25, 0.3) is 0 Å². The van der Waals surface area contributed by atoms with E-state index in [1.54, 1.807) is 11.9 Å². The highest BCUT2D eigenvalue weighted by Gasteiger charge is 2.35. The minimum absolute atomic E-state index is 0.00870. The monoisotopic (exact) mass is 209 g/mol. The molecule has 3 heteroatoms. The minimum atomic E-state index is -0.00870. The lowest BCUT2D eigenvalue weighted by Crippen LogP contribution is -2.27. The minimum Gasteiger partial charge on any atom is -0.345 e. The molecule has 3 nitrogen and oxygen atoms in total. The van der Waals surface area contributed by atoms with Crippen molar-refractivity contribution in [1.82, 2.24) is 4.90 Å². The molecule has 0 aromatic heterocycles. The van der Waals surface area contributed by atoms with Crippen molar-refractivity contribution in [2.75, 3.05) is 13.6 Å². The zero-order chi connectivity index (χ0) is 10.8. The average molecular weight is 209 g/mol. The predicted molar refractivity (Wildman–Crippen MR) is 57.3 cm³/mol. The zero-order valence-corrected chi connectivity index (χ0v) is 9.37. The Morgan fingerprint density at radius 1 is 1.20 bits per heavy atom. The van der Waals surface area contributed by atoms with Gasteiger partial charge in [0.15, 0.2) is 0 Å². The second kappa shape index (κ2) is 4.33. The number of rotatable bonds is 2. The second-order valence-electron chi connectivity index (χ2n) is 4.91. The molecule has 2 rings (SSSR count). The molecule has 84 valence electrons. The summed E-state index contributed by atoms with van der Waals surface area (Å²) in [5.74, 6) is 0.727. The Morgan fingerprint density at radius 3 is 2.40 bits per heavy atom. The molecule has 1 unspecified atom stereocenters. The van der Waals surface area contributed by atoms with E-state index in [4.69, 9.17) is 0 Å². The van der Waals surface area contributed by atoms with Crippen LogP contribution < -0.4 is 0 Å². The highest BCUT2D eigenvalue weighted by atomic mass is 16.2. The summed E-state index contributed by atoms with van der Waals surface area (Å²) in [6.45, 7) is 0.647. The maximum Gasteiger partial charge on any atom is 0.223 e. The van der Waals surface area contributed by atoms with Crippen LogP contribution in [-0.4, -0.2) is 30.2 Å². The average Bonchev–Trinajstić information content (AvgIpc) is 2.59. The molecule has 1 aliphatic carbocycles. The third-order valence-corrected chi connectivity index (χ3v) is 3.75. The number of hydrogen-bond acceptors (Lipinski definition) is 2. The molecule has 0 spiro atoms. The molecule has 0 radical (unpaired) electrons. The van der Waals surface area contributed by atoms with Gasteiger partial charge >= 0.3 is 0 Å². The Kier molecular flexibility index (Phi) is 3.08. The molecule has 0 aromatic rings. The second-order valence-corrected chi connectivity index (χ2v) is 4.91. The molecule has 0 aromatic carbocycles. The van der Waals surface area contributed by atoms with E-state index in [-0.39, 0.29) is 17.7 Å². The third-order valence-electron chi connectivity index (χ3n) is 3.75. The number of Topliss-reactive ketones (excluding diaryl/α,β-unsaturated/α-hetero) is 1. The summed E-state index contributed by atoms with van der Waals surface area (Å²) in [5.41, 5.74) is 0. The lowest BCUT2D eigenvalue weighted by Gasteiger charge is -2.22. The number of ketones is 1. The van der Waals surface area contributed by atoms with Crippen molar-refractivity contribution >= 4 is 11.7 Å². The summed E-state index contributed by atoms with van der Waals surface area (Å²) in [7, 11) is 1.79. The molecule has 1 heterocycles. The maximum atomic E-state index is 12.1. The quantitative estimate of drug-likeness (QED) is 0.693. The number of carbonyl (C=O) groups excluding carboxylic acids is 2. The van der Waals surface area contributed by atoms with E-state index in [0.717, 1.165) is 12.8 Å². The van der Waals surface area contributed by atoms with E-state index in [1.165, 1.54) is 19.3 Å². The fraction of sp³-hybridized carbons (Fsp3) is 0.833. The third kappa shape index (κ3) is 2.21. The van der Waals surface area contributed by atoms with Gasteiger partial charge in [0.1, 0.15) is 5.78 Å². The Bertz CT molecular complexity index is 269. The lowest BCUT2D eigenvalue weighted by atomic mass is 9.81. The Hall–Kier alpha value is -0.860. The van der Waals surface area contributed by atoms with Crippen LogP contribution in [0.1, 0.15) is 38.5 Å². The topological polar surface area (TPSA) is 37.4 Å². The van der Waals surface area contributed by atoms with Crippen molar-refractivity contribution in [3.05, 3.63) is 0 Å². The standard InChI is InChI=1S/C12H19NO2/c1-13-8-10(7-11(13)14)12(15)9-5-3-2-4-6-9/h9-10H,2-8H2,1H3. The molecule has 1 saturated carbocycles. The molecule has 0 bridgehead atoms. The van der Waals surface area contributed by atoms with E-state index < -0.39 is 0 Å². The van der Waals surface area contributed by atoms with Crippen LogP contribution in [0.5, 0.6) is 0 Å². The first-order chi connectivity index (χ1) is 7.18. The van der Waals surface area contributed by atoms with Crippen LogP contribution in [0.3, 0.4) is 0 Å². The van der Waals surface area contributed by atoms with Gasteiger partial charge in [-0.3, -0.25) is 9.59 Å². The summed E-state index contributed by atoms with van der Waals surface area (Å²) in [6.07, 6.45) is 6.19. The van der Waals surface area contributed by atoms with Gasteiger partial charge in [0, 0.05) is 31.8 Å². The molecule has 1 amide bonds. The van der Waals surface area contributed by atoms with Crippen LogP contribution in [0.15, 0.2) is 0 Å². The largest absolute Gasteiger partial charge is 0.345 e. The highest BCUT2D eigenvalue weighted by molar-refractivity contribution is 5.91. The van der Waals surface area contributed by atoms with Crippen molar-refractivity contribution in [2.24, 2.45) is 11.8 Å². The van der Waals surface area contributed by atoms with Gasteiger partial charge in [-0.25, -0.2) is 0 Å². The molecular weight excluding hydrogens is 190 g/mol. The first kappa shape index (κ1) is 10.7. The van der Waals surface area contributed by atoms with E-state index in [2.05, 4.69) is 0 Å². The Balaban J connectivity index is 1.93. The summed E-state index contributed by atoms with van der Waals surface area (Å²) in [4.78, 5) is 25.1. The number of amides is 1. The highest BCUT2D eigenvalue weighted by Crippen LogP contribution is 2.29. The van der Waals surface area contributed by atoms with Crippen molar-refractivity contribution < 1.29 is 9.59 Å². The van der Waals surface area contributed by atoms with Crippen LogP contribution in [0, 0.1) is 11.8 Å². The molecule has 1 aliphatic heterocycles. The molecule has 1 atom stereocenters. The van der Waals surface area contributed by atoms with Crippen molar-refractivity contribution in [3.8, 4) is 0 Å². The molecule has 1 saturated heterocycles. The van der Waals surface area contributed by atoms with Crippen LogP contribution >= 0.6 is 0 Å². The Morgan fingerprint density at radius 2 is 1.87 bits per heavy atom. The first-order valence-corrected chi connectivity index (χ1v) is 5.96. The van der Waals surface area contributed by atoms with E-state index >= 15 is 0 Å². The number of likely N-dealkylation sites (tertiary alicyclic amines) is 1. The van der Waals surface area contributed by atoms with Crippen molar-refractivity contribution in [3.63, 3.8) is 0 Å². The fourth-order valence-electron chi connectivity index (χ4n) is 2.77. The summed E-state index contributed by atoms with van der Waals surface area (Å²) < 4.78 is 0. The first-order valence-electron chi connectivity index (χ1n) is 5.96. The predicted octanol–water partition coefficient (Wildman–Crippen LogP) is 1.61. The number of nitrogens with zero attached hydrogens (tertiary/aromatic N) is 1. The summed E-state index contributed by atoms with van der Waals surface area (Å²) in [6, 6.07) is 0. The van der Waals surface area contributed by atoms with Gasteiger partial charge in [-0.1, -0.05) is 19.3 Å². The Labute approximate surface area is 90.8 Å². The van der Waals surface area contributed by atoms with E-state index in [9.17, 15) is 9.59 Å². The van der Waals surface area contributed by atoms with E-state index in [0.29, 0.717) is 18.7 Å².